The number of carbonyl (C=O) groups is 1. The fourth-order valence-corrected chi connectivity index (χ4v) is 3.73. The van der Waals surface area contributed by atoms with Crippen molar-refractivity contribution in [1.29, 1.82) is 0 Å². The van der Waals surface area contributed by atoms with E-state index in [-0.39, 0.29) is 16.7 Å². The van der Waals surface area contributed by atoms with Crippen molar-refractivity contribution in [2.24, 2.45) is 5.92 Å². The molecule has 0 amide bonds. The van der Waals surface area contributed by atoms with Crippen LogP contribution in [-0.2, 0) is 10.0 Å². The first-order valence-electron chi connectivity index (χ1n) is 8.03. The highest BCUT2D eigenvalue weighted by molar-refractivity contribution is 7.92. The Kier molecular flexibility index (Phi) is 4.39. The van der Waals surface area contributed by atoms with Gasteiger partial charge in [-0.3, -0.25) is 14.1 Å². The molecule has 0 spiro atoms. The van der Waals surface area contributed by atoms with E-state index in [1.54, 1.807) is 48.7 Å². The van der Waals surface area contributed by atoms with Crippen LogP contribution in [0.2, 0.25) is 0 Å². The molecule has 130 valence electrons. The summed E-state index contributed by atoms with van der Waals surface area (Å²) in [5, 5.41) is 0.804. The zero-order valence-electron chi connectivity index (χ0n) is 14.4. The molecular formula is C19H20N2O3S. The molecule has 3 rings (SSSR count). The van der Waals surface area contributed by atoms with Crippen molar-refractivity contribution >= 4 is 32.5 Å². The Bertz CT molecular complexity index is 1030. The van der Waals surface area contributed by atoms with Gasteiger partial charge in [-0.2, -0.15) is 0 Å². The minimum atomic E-state index is -3.74. The molecule has 0 aliphatic rings. The number of fused-ring (bicyclic) bond motifs is 1. The Morgan fingerprint density at radius 3 is 2.36 bits per heavy atom. The highest BCUT2D eigenvalue weighted by atomic mass is 32.2. The third-order valence-corrected chi connectivity index (χ3v) is 5.40. The van der Waals surface area contributed by atoms with E-state index in [9.17, 15) is 13.2 Å². The maximum atomic E-state index is 12.7. The lowest BCUT2D eigenvalue weighted by molar-refractivity contribution is 0.0861. The Balaban J connectivity index is 2.08. The van der Waals surface area contributed by atoms with E-state index in [2.05, 4.69) is 4.72 Å². The third kappa shape index (κ3) is 3.30. The number of anilines is 1. The van der Waals surface area contributed by atoms with E-state index in [0.29, 0.717) is 11.2 Å². The van der Waals surface area contributed by atoms with Gasteiger partial charge < -0.3 is 0 Å². The van der Waals surface area contributed by atoms with Crippen LogP contribution in [0.5, 0.6) is 0 Å². The van der Waals surface area contributed by atoms with Crippen LogP contribution < -0.4 is 4.72 Å². The molecule has 1 N–H and O–H groups in total. The minimum Gasteiger partial charge on any atom is -0.285 e. The summed E-state index contributed by atoms with van der Waals surface area (Å²) in [6.45, 7) is 5.52. The largest absolute Gasteiger partial charge is 0.285 e. The summed E-state index contributed by atoms with van der Waals surface area (Å²) < 4.78 is 29.5. The number of aryl methyl sites for hydroxylation is 1. The number of carbonyl (C=O) groups excluding carboxylic acids is 1. The van der Waals surface area contributed by atoms with Crippen molar-refractivity contribution in [3.05, 3.63) is 60.3 Å². The van der Waals surface area contributed by atoms with E-state index in [1.807, 2.05) is 26.8 Å². The van der Waals surface area contributed by atoms with Crippen molar-refractivity contribution in [3.8, 4) is 0 Å². The average Bonchev–Trinajstić information content (AvgIpc) is 2.99. The monoisotopic (exact) mass is 356 g/mol. The summed E-state index contributed by atoms with van der Waals surface area (Å²) in [7, 11) is -3.74. The molecule has 5 nitrogen and oxygen atoms in total. The van der Waals surface area contributed by atoms with Gasteiger partial charge >= 0.3 is 0 Å². The molecule has 0 fully saturated rings. The van der Waals surface area contributed by atoms with Crippen molar-refractivity contribution in [1.82, 2.24) is 4.57 Å². The minimum absolute atomic E-state index is 0.0861. The Morgan fingerprint density at radius 2 is 1.72 bits per heavy atom. The maximum Gasteiger partial charge on any atom is 0.261 e. The van der Waals surface area contributed by atoms with E-state index in [4.69, 9.17) is 0 Å². The van der Waals surface area contributed by atoms with Crippen molar-refractivity contribution in [2.45, 2.75) is 25.7 Å². The summed E-state index contributed by atoms with van der Waals surface area (Å²) in [5.74, 6) is -0.283. The van der Waals surface area contributed by atoms with Gasteiger partial charge in [-0.1, -0.05) is 43.7 Å². The van der Waals surface area contributed by atoms with Crippen LogP contribution in [0, 0.1) is 12.8 Å². The number of sulfonamides is 1. The number of aromatic nitrogens is 1. The van der Waals surface area contributed by atoms with Gasteiger partial charge in [0.25, 0.3) is 10.0 Å². The molecule has 0 bridgehead atoms. The molecular weight excluding hydrogens is 336 g/mol. The molecule has 3 aromatic rings. The van der Waals surface area contributed by atoms with Gasteiger partial charge in [0, 0.05) is 17.5 Å². The number of para-hydroxylation sites is 1. The first kappa shape index (κ1) is 17.2. The van der Waals surface area contributed by atoms with E-state index >= 15 is 0 Å². The second-order valence-corrected chi connectivity index (χ2v) is 8.02. The van der Waals surface area contributed by atoms with Gasteiger partial charge in [-0.25, -0.2) is 8.42 Å². The number of hydrogen-bond donors (Lipinski definition) is 1. The second-order valence-electron chi connectivity index (χ2n) is 6.34. The van der Waals surface area contributed by atoms with Crippen LogP contribution in [0.1, 0.15) is 24.2 Å². The molecule has 6 heteroatoms. The van der Waals surface area contributed by atoms with Crippen molar-refractivity contribution in [2.75, 3.05) is 4.72 Å². The molecule has 2 aromatic carbocycles. The lowest BCUT2D eigenvalue weighted by Gasteiger charge is -2.13. The van der Waals surface area contributed by atoms with Gasteiger partial charge in [0.2, 0.25) is 5.91 Å². The van der Waals surface area contributed by atoms with Crippen LogP contribution >= 0.6 is 0 Å². The van der Waals surface area contributed by atoms with Crippen molar-refractivity contribution in [3.63, 3.8) is 0 Å². The summed E-state index contributed by atoms with van der Waals surface area (Å²) in [6.07, 6.45) is 1.68. The first-order chi connectivity index (χ1) is 11.8. The van der Waals surface area contributed by atoms with E-state index < -0.39 is 10.0 Å². The zero-order valence-corrected chi connectivity index (χ0v) is 15.2. The number of hydrogen-bond acceptors (Lipinski definition) is 3. The number of benzene rings is 2. The normalized spacial score (nSPS) is 11.8. The molecule has 1 aromatic heterocycles. The van der Waals surface area contributed by atoms with Gasteiger partial charge in [0.1, 0.15) is 0 Å². The summed E-state index contributed by atoms with van der Waals surface area (Å²) in [5.41, 5.74) is 1.94. The number of nitrogens with one attached hydrogen (secondary N) is 1. The van der Waals surface area contributed by atoms with Crippen LogP contribution in [0.25, 0.3) is 10.9 Å². The molecule has 0 atom stereocenters. The lowest BCUT2D eigenvalue weighted by atomic mass is 10.2. The molecule has 1 heterocycles. The molecule has 25 heavy (non-hydrogen) atoms. The smallest absolute Gasteiger partial charge is 0.261 e. The summed E-state index contributed by atoms with van der Waals surface area (Å²) in [6, 6.07) is 13.7. The summed E-state index contributed by atoms with van der Waals surface area (Å²) in [4.78, 5) is 12.6. The number of nitrogens with zero attached hydrogens (tertiary/aromatic N) is 1. The third-order valence-electron chi connectivity index (χ3n) is 4.02. The molecule has 0 aliphatic carbocycles. The molecule has 0 saturated carbocycles. The van der Waals surface area contributed by atoms with E-state index in [0.717, 1.165) is 10.9 Å². The van der Waals surface area contributed by atoms with E-state index in [1.165, 1.54) is 4.57 Å². The maximum absolute atomic E-state index is 12.7. The highest BCUT2D eigenvalue weighted by Crippen LogP contribution is 2.27. The van der Waals surface area contributed by atoms with Crippen molar-refractivity contribution < 1.29 is 13.2 Å². The van der Waals surface area contributed by atoms with Gasteiger partial charge in [0.05, 0.1) is 16.1 Å². The summed E-state index contributed by atoms with van der Waals surface area (Å²) >= 11 is 0. The van der Waals surface area contributed by atoms with Gasteiger partial charge in [-0.15, -0.1) is 0 Å². The highest BCUT2D eigenvalue weighted by Gasteiger charge is 2.19. The van der Waals surface area contributed by atoms with Gasteiger partial charge in [0.15, 0.2) is 0 Å². The average molecular weight is 356 g/mol. The van der Waals surface area contributed by atoms with Gasteiger partial charge in [-0.05, 0) is 31.2 Å². The first-order valence-corrected chi connectivity index (χ1v) is 9.52. The second kappa shape index (κ2) is 6.37. The predicted octanol–water partition coefficient (Wildman–Crippen LogP) is 4.05. The SMILES string of the molecule is Cc1ccc(S(=O)(=O)Nc2cccc3ccn(C(=O)C(C)C)c23)cc1. The standard InChI is InChI=1S/C19H20N2O3S/c1-13(2)19(22)21-12-11-15-5-4-6-17(18(15)21)20-25(23,24)16-9-7-14(3)8-10-16/h4-13,20H,1-3H3. The Hall–Kier alpha value is -2.60. The van der Waals surface area contributed by atoms with Crippen LogP contribution in [0.15, 0.2) is 59.6 Å². The fraction of sp³-hybridized carbons (Fsp3) is 0.211. The zero-order chi connectivity index (χ0) is 18.2. The van der Waals surface area contributed by atoms with Crippen LogP contribution in [-0.4, -0.2) is 18.9 Å². The van der Waals surface area contributed by atoms with Crippen LogP contribution in [0.3, 0.4) is 0 Å². The topological polar surface area (TPSA) is 68.2 Å². The Morgan fingerprint density at radius 1 is 1.04 bits per heavy atom. The molecule has 0 unspecified atom stereocenters. The fourth-order valence-electron chi connectivity index (χ4n) is 2.66. The molecule has 0 aliphatic heterocycles. The van der Waals surface area contributed by atoms with Crippen LogP contribution in [0.4, 0.5) is 5.69 Å². The molecule has 0 radical (unpaired) electrons. The lowest BCUT2D eigenvalue weighted by Crippen LogP contribution is -2.18. The molecule has 0 saturated heterocycles. The quantitative estimate of drug-likeness (QED) is 0.767. The predicted molar refractivity (Wildman–Crippen MR) is 99.4 cm³/mol. The number of rotatable bonds is 4. The Labute approximate surface area is 147 Å².